The number of aromatic nitrogens is 4. The van der Waals surface area contributed by atoms with Crippen LogP contribution in [0.5, 0.6) is 0 Å². The van der Waals surface area contributed by atoms with E-state index in [0.717, 1.165) is 4.88 Å². The Kier molecular flexibility index (Phi) is 4.89. The van der Waals surface area contributed by atoms with Crippen LogP contribution in [0.1, 0.15) is 36.1 Å². The summed E-state index contributed by atoms with van der Waals surface area (Å²) in [5.74, 6) is -0.0403. The molecule has 0 aliphatic heterocycles. The monoisotopic (exact) mass is 359 g/mol. The molecule has 3 rings (SSSR count). The fourth-order valence-electron chi connectivity index (χ4n) is 2.54. The number of hydrogen-bond donors (Lipinski definition) is 0. The van der Waals surface area contributed by atoms with E-state index in [1.165, 1.54) is 28.6 Å². The van der Waals surface area contributed by atoms with Crippen molar-refractivity contribution in [3.8, 4) is 10.4 Å². The van der Waals surface area contributed by atoms with Crippen molar-refractivity contribution >= 4 is 17.4 Å². The minimum atomic E-state index is -0.451. The minimum Gasteiger partial charge on any atom is -0.334 e. The molecule has 0 unspecified atom stereocenters. The zero-order valence-corrected chi connectivity index (χ0v) is 15.0. The lowest BCUT2D eigenvalue weighted by Crippen LogP contribution is -2.28. The highest BCUT2D eigenvalue weighted by molar-refractivity contribution is 7.09. The number of amides is 1. The Balaban J connectivity index is 1.84. The number of carbonyl (C=O) groups is 1. The van der Waals surface area contributed by atoms with Gasteiger partial charge in [0.05, 0.1) is 11.4 Å². The molecule has 130 valence electrons. The van der Waals surface area contributed by atoms with Crippen LogP contribution < -0.4 is 0 Å². The third-order valence-corrected chi connectivity index (χ3v) is 4.59. The van der Waals surface area contributed by atoms with Crippen LogP contribution in [-0.2, 0) is 6.54 Å². The zero-order chi connectivity index (χ0) is 18.0. The normalized spacial score (nSPS) is 11.1. The van der Waals surface area contributed by atoms with Crippen LogP contribution in [0, 0.1) is 5.82 Å². The molecule has 2 aromatic heterocycles. The first-order chi connectivity index (χ1) is 12.0. The van der Waals surface area contributed by atoms with Crippen LogP contribution >= 0.6 is 11.5 Å². The van der Waals surface area contributed by atoms with Crippen molar-refractivity contribution in [3.63, 3.8) is 0 Å². The van der Waals surface area contributed by atoms with Gasteiger partial charge in [0.2, 0.25) is 0 Å². The van der Waals surface area contributed by atoms with E-state index >= 15 is 0 Å². The van der Waals surface area contributed by atoms with Crippen molar-refractivity contribution in [1.82, 2.24) is 24.0 Å². The maximum absolute atomic E-state index is 14.0. The van der Waals surface area contributed by atoms with Gasteiger partial charge in [0.25, 0.3) is 5.91 Å². The van der Waals surface area contributed by atoms with Gasteiger partial charge in [-0.2, -0.15) is 0 Å². The summed E-state index contributed by atoms with van der Waals surface area (Å²) < 4.78 is 19.9. The van der Waals surface area contributed by atoms with Crippen LogP contribution in [0.25, 0.3) is 10.4 Å². The van der Waals surface area contributed by atoms with Crippen molar-refractivity contribution in [1.29, 1.82) is 0 Å². The quantitative estimate of drug-likeness (QED) is 0.700. The Labute approximate surface area is 149 Å². The fraction of sp³-hybridized carbons (Fsp3) is 0.294. The largest absolute Gasteiger partial charge is 0.334 e. The van der Waals surface area contributed by atoms with Gasteiger partial charge < -0.3 is 9.47 Å². The van der Waals surface area contributed by atoms with E-state index in [1.54, 1.807) is 31.7 Å². The zero-order valence-electron chi connectivity index (χ0n) is 14.2. The summed E-state index contributed by atoms with van der Waals surface area (Å²) in [6, 6.07) is 6.32. The molecule has 25 heavy (non-hydrogen) atoms. The van der Waals surface area contributed by atoms with Crippen LogP contribution in [-0.4, -0.2) is 37.0 Å². The van der Waals surface area contributed by atoms with Gasteiger partial charge in [0.15, 0.2) is 5.82 Å². The fourth-order valence-corrected chi connectivity index (χ4v) is 3.12. The highest BCUT2D eigenvalue weighted by Crippen LogP contribution is 2.25. The van der Waals surface area contributed by atoms with Gasteiger partial charge in [0.1, 0.15) is 12.1 Å². The van der Waals surface area contributed by atoms with E-state index in [9.17, 15) is 9.18 Å². The van der Waals surface area contributed by atoms with E-state index in [0.29, 0.717) is 23.5 Å². The number of benzene rings is 1. The van der Waals surface area contributed by atoms with Crippen LogP contribution in [0.4, 0.5) is 4.39 Å². The minimum absolute atomic E-state index is 0.195. The molecule has 0 N–H and O–H groups in total. The predicted octanol–water partition coefficient (Wildman–Crippen LogP) is 3.39. The van der Waals surface area contributed by atoms with E-state index in [2.05, 4.69) is 14.6 Å². The molecule has 8 heteroatoms. The lowest BCUT2D eigenvalue weighted by atomic mass is 10.1. The Morgan fingerprint density at radius 1 is 1.36 bits per heavy atom. The third-order valence-electron chi connectivity index (χ3n) is 3.80. The molecule has 1 aromatic carbocycles. The Morgan fingerprint density at radius 3 is 2.84 bits per heavy atom. The lowest BCUT2D eigenvalue weighted by molar-refractivity contribution is 0.0779. The maximum atomic E-state index is 14.0. The number of rotatable bonds is 5. The van der Waals surface area contributed by atoms with Crippen molar-refractivity contribution in [3.05, 3.63) is 54.0 Å². The number of nitrogens with zero attached hydrogens (tertiary/aromatic N) is 5. The highest BCUT2D eigenvalue weighted by atomic mass is 32.1. The topological polar surface area (TPSA) is 63.9 Å². The lowest BCUT2D eigenvalue weighted by Gasteiger charge is -2.19. The first kappa shape index (κ1) is 17.2. The van der Waals surface area contributed by atoms with Gasteiger partial charge in [-0.05, 0) is 55.2 Å². The second-order valence-corrected chi connectivity index (χ2v) is 6.85. The van der Waals surface area contributed by atoms with Gasteiger partial charge in [-0.1, -0.05) is 0 Å². The second-order valence-electron chi connectivity index (χ2n) is 6.01. The van der Waals surface area contributed by atoms with E-state index in [1.807, 2.05) is 18.4 Å². The molecular formula is C17H18FN5OS. The van der Waals surface area contributed by atoms with Crippen molar-refractivity contribution in [2.45, 2.75) is 26.4 Å². The Bertz CT molecular complexity index is 875. The molecule has 3 aromatic rings. The smallest absolute Gasteiger partial charge is 0.254 e. The summed E-state index contributed by atoms with van der Waals surface area (Å²) in [6.07, 6.45) is 3.29. The highest BCUT2D eigenvalue weighted by Gasteiger charge is 2.18. The van der Waals surface area contributed by atoms with Gasteiger partial charge >= 0.3 is 0 Å². The molecular weight excluding hydrogens is 341 g/mol. The average molecular weight is 359 g/mol. The summed E-state index contributed by atoms with van der Waals surface area (Å²) in [4.78, 5) is 15.0. The molecule has 0 atom stereocenters. The van der Waals surface area contributed by atoms with Gasteiger partial charge in [-0.15, -0.1) is 10.2 Å². The molecule has 0 aliphatic carbocycles. The van der Waals surface area contributed by atoms with Crippen LogP contribution in [0.3, 0.4) is 0 Å². The summed E-state index contributed by atoms with van der Waals surface area (Å²) in [6.45, 7) is 4.33. The summed E-state index contributed by atoms with van der Waals surface area (Å²) in [7, 11) is 1.67. The first-order valence-electron chi connectivity index (χ1n) is 7.81. The Morgan fingerprint density at radius 2 is 2.16 bits per heavy atom. The van der Waals surface area contributed by atoms with Gasteiger partial charge in [0, 0.05) is 24.8 Å². The predicted molar refractivity (Wildman–Crippen MR) is 93.7 cm³/mol. The Hall–Kier alpha value is -2.61. The molecule has 6 nitrogen and oxygen atoms in total. The average Bonchev–Trinajstić information content (AvgIpc) is 3.25. The summed E-state index contributed by atoms with van der Waals surface area (Å²) in [5, 5.41) is 7.97. The summed E-state index contributed by atoms with van der Waals surface area (Å²) >= 11 is 1.26. The molecule has 0 bridgehead atoms. The van der Waals surface area contributed by atoms with Crippen molar-refractivity contribution in [2.75, 3.05) is 7.05 Å². The standard InChI is InChI=1S/C17H18FN5OS/c1-11(2)23-10-19-21-16(23)9-22(3)17(24)13-6-12(7-14(18)8-13)15-4-5-20-25-15/h4-8,10-11H,9H2,1-3H3. The number of halogens is 1. The first-order valence-corrected chi connectivity index (χ1v) is 8.58. The van der Waals surface area contributed by atoms with Gasteiger partial charge in [-0.3, -0.25) is 4.79 Å². The molecule has 0 saturated heterocycles. The second kappa shape index (κ2) is 7.10. The molecule has 0 saturated carbocycles. The molecule has 0 radical (unpaired) electrons. The van der Waals surface area contributed by atoms with Gasteiger partial charge in [-0.25, -0.2) is 8.76 Å². The van der Waals surface area contributed by atoms with Crippen LogP contribution in [0.15, 0.2) is 36.8 Å². The molecule has 2 heterocycles. The number of carbonyl (C=O) groups excluding carboxylic acids is 1. The molecule has 1 amide bonds. The summed E-state index contributed by atoms with van der Waals surface area (Å²) in [5.41, 5.74) is 0.936. The van der Waals surface area contributed by atoms with E-state index in [4.69, 9.17) is 0 Å². The SMILES string of the molecule is CC(C)n1cnnc1CN(C)C(=O)c1cc(F)cc(-c2ccns2)c1. The van der Waals surface area contributed by atoms with Crippen molar-refractivity contribution < 1.29 is 9.18 Å². The number of hydrogen-bond acceptors (Lipinski definition) is 5. The molecule has 0 fully saturated rings. The van der Waals surface area contributed by atoms with E-state index in [-0.39, 0.29) is 11.9 Å². The molecule has 0 aliphatic rings. The van der Waals surface area contributed by atoms with E-state index < -0.39 is 5.82 Å². The maximum Gasteiger partial charge on any atom is 0.254 e. The van der Waals surface area contributed by atoms with Crippen molar-refractivity contribution in [2.24, 2.45) is 0 Å². The molecule has 0 spiro atoms. The third kappa shape index (κ3) is 3.74. The van der Waals surface area contributed by atoms with Crippen LogP contribution in [0.2, 0.25) is 0 Å².